The van der Waals surface area contributed by atoms with Crippen LogP contribution in [0, 0.1) is 5.82 Å². The summed E-state index contributed by atoms with van der Waals surface area (Å²) in [5.74, 6) is -0.149. The molecule has 0 aliphatic carbocycles. The second-order valence-corrected chi connectivity index (χ2v) is 6.43. The third kappa shape index (κ3) is 3.26. The van der Waals surface area contributed by atoms with Gasteiger partial charge in [-0.1, -0.05) is 12.1 Å². The summed E-state index contributed by atoms with van der Waals surface area (Å²) in [5.41, 5.74) is 3.68. The first-order chi connectivity index (χ1) is 10.6. The number of nitrogens with zero attached hydrogens (tertiary/aromatic N) is 2. The van der Waals surface area contributed by atoms with Crippen molar-refractivity contribution in [2.75, 3.05) is 19.4 Å². The molecule has 0 saturated heterocycles. The van der Waals surface area contributed by atoms with Crippen LogP contribution in [0.4, 0.5) is 10.1 Å². The van der Waals surface area contributed by atoms with E-state index in [1.54, 1.807) is 23.6 Å². The van der Waals surface area contributed by atoms with Crippen molar-refractivity contribution in [2.45, 2.75) is 13.1 Å². The van der Waals surface area contributed by atoms with Crippen molar-refractivity contribution in [3.05, 3.63) is 58.9 Å². The summed E-state index contributed by atoms with van der Waals surface area (Å²) >= 11 is 1.66. The van der Waals surface area contributed by atoms with Crippen LogP contribution in [0.3, 0.4) is 0 Å². The third-order valence-corrected chi connectivity index (χ3v) is 4.37. The average Bonchev–Trinajstić information content (AvgIpc) is 2.96. The molecule has 2 aromatic heterocycles. The lowest BCUT2D eigenvalue weighted by Gasteiger charge is -2.12. The summed E-state index contributed by atoms with van der Waals surface area (Å²) in [4.78, 5) is 6.28. The van der Waals surface area contributed by atoms with E-state index in [1.165, 1.54) is 0 Å². The summed E-state index contributed by atoms with van der Waals surface area (Å²) in [6, 6.07) is 9.40. The van der Waals surface area contributed by atoms with E-state index in [2.05, 4.69) is 10.3 Å². The number of rotatable bonds is 5. The molecule has 0 radical (unpaired) electrons. The molecule has 1 aromatic carbocycles. The number of hydrogen-bond donors (Lipinski definition) is 1. The zero-order valence-electron chi connectivity index (χ0n) is 12.6. The molecule has 3 nitrogen and oxygen atoms in total. The average molecular weight is 315 g/mol. The van der Waals surface area contributed by atoms with Gasteiger partial charge in [-0.05, 0) is 43.2 Å². The Bertz CT molecular complexity index is 782. The number of anilines is 1. The van der Waals surface area contributed by atoms with Crippen molar-refractivity contribution in [1.29, 1.82) is 0 Å². The molecule has 3 rings (SSSR count). The molecular formula is C17H18FN3S. The monoisotopic (exact) mass is 315 g/mol. The van der Waals surface area contributed by atoms with Gasteiger partial charge in [0, 0.05) is 24.8 Å². The first-order valence-corrected chi connectivity index (χ1v) is 7.99. The first-order valence-electron chi connectivity index (χ1n) is 7.11. The number of nitrogens with one attached hydrogen (secondary N) is 1. The van der Waals surface area contributed by atoms with Gasteiger partial charge in [-0.2, -0.15) is 0 Å². The van der Waals surface area contributed by atoms with Crippen molar-refractivity contribution >= 4 is 27.2 Å². The Hall–Kier alpha value is -1.98. The van der Waals surface area contributed by atoms with E-state index >= 15 is 0 Å². The van der Waals surface area contributed by atoms with Crippen LogP contribution < -0.4 is 5.32 Å². The van der Waals surface area contributed by atoms with E-state index in [0.717, 1.165) is 27.0 Å². The molecule has 0 spiro atoms. The quantitative estimate of drug-likeness (QED) is 0.768. The highest BCUT2D eigenvalue weighted by molar-refractivity contribution is 7.17. The highest BCUT2D eigenvalue weighted by atomic mass is 32.1. The lowest BCUT2D eigenvalue weighted by Crippen LogP contribution is -2.12. The van der Waals surface area contributed by atoms with E-state index in [9.17, 15) is 4.39 Å². The third-order valence-electron chi connectivity index (χ3n) is 3.43. The van der Waals surface area contributed by atoms with Crippen molar-refractivity contribution in [3.63, 3.8) is 0 Å². The summed E-state index contributed by atoms with van der Waals surface area (Å²) in [5, 5.41) is 5.40. The summed E-state index contributed by atoms with van der Waals surface area (Å²) < 4.78 is 15.2. The van der Waals surface area contributed by atoms with Gasteiger partial charge in [0.1, 0.15) is 5.82 Å². The predicted octanol–water partition coefficient (Wildman–Crippen LogP) is 4.11. The fourth-order valence-corrected chi connectivity index (χ4v) is 3.22. The molecule has 0 unspecified atom stereocenters. The van der Waals surface area contributed by atoms with Gasteiger partial charge in [-0.3, -0.25) is 4.98 Å². The second-order valence-electron chi connectivity index (χ2n) is 5.51. The van der Waals surface area contributed by atoms with Crippen molar-refractivity contribution in [2.24, 2.45) is 0 Å². The molecule has 2 heterocycles. The van der Waals surface area contributed by atoms with E-state index in [1.807, 2.05) is 48.6 Å². The molecule has 3 aromatic rings. The van der Waals surface area contributed by atoms with Crippen LogP contribution in [-0.2, 0) is 13.1 Å². The van der Waals surface area contributed by atoms with E-state index in [0.29, 0.717) is 13.1 Å². The first kappa shape index (κ1) is 14.9. The fourth-order valence-electron chi connectivity index (χ4n) is 2.38. The van der Waals surface area contributed by atoms with Crippen LogP contribution in [0.2, 0.25) is 0 Å². The summed E-state index contributed by atoms with van der Waals surface area (Å²) in [6.07, 6.45) is 1.79. The van der Waals surface area contributed by atoms with Crippen LogP contribution in [0.5, 0.6) is 0 Å². The van der Waals surface area contributed by atoms with Gasteiger partial charge >= 0.3 is 0 Å². The van der Waals surface area contributed by atoms with Gasteiger partial charge in [0.05, 0.1) is 15.9 Å². The number of thiophene rings is 1. The lowest BCUT2D eigenvalue weighted by atomic mass is 10.1. The molecule has 22 heavy (non-hydrogen) atoms. The second kappa shape index (κ2) is 6.42. The minimum Gasteiger partial charge on any atom is -0.380 e. The topological polar surface area (TPSA) is 28.2 Å². The van der Waals surface area contributed by atoms with Gasteiger partial charge in [0.2, 0.25) is 0 Å². The largest absolute Gasteiger partial charge is 0.380 e. The van der Waals surface area contributed by atoms with Crippen LogP contribution in [-0.4, -0.2) is 24.0 Å². The molecular weight excluding hydrogens is 297 g/mol. The Balaban J connectivity index is 1.74. The Labute approximate surface area is 133 Å². The van der Waals surface area contributed by atoms with E-state index < -0.39 is 0 Å². The Kier molecular flexibility index (Phi) is 4.36. The number of hydrogen-bond acceptors (Lipinski definition) is 4. The summed E-state index contributed by atoms with van der Waals surface area (Å²) in [6.45, 7) is 1.20. The maximum atomic E-state index is 14.1. The molecule has 0 bridgehead atoms. The molecule has 1 N–H and O–H groups in total. The molecule has 5 heteroatoms. The minimum absolute atomic E-state index is 0.149. The van der Waals surface area contributed by atoms with Crippen LogP contribution >= 0.6 is 11.3 Å². The van der Waals surface area contributed by atoms with Crippen molar-refractivity contribution < 1.29 is 4.39 Å². The van der Waals surface area contributed by atoms with Crippen molar-refractivity contribution in [1.82, 2.24) is 9.88 Å². The number of benzene rings is 1. The van der Waals surface area contributed by atoms with Gasteiger partial charge < -0.3 is 10.2 Å². The number of halogens is 1. The van der Waals surface area contributed by atoms with Crippen LogP contribution in [0.1, 0.15) is 11.1 Å². The molecule has 0 saturated carbocycles. The fraction of sp³-hybridized carbons (Fsp3) is 0.235. The Morgan fingerprint density at radius 1 is 1.23 bits per heavy atom. The van der Waals surface area contributed by atoms with Crippen LogP contribution in [0.15, 0.2) is 41.9 Å². The Morgan fingerprint density at radius 2 is 2.09 bits per heavy atom. The number of aromatic nitrogens is 1. The standard InChI is InChI=1S/C17H18FN3S/c1-21(2)11-13-4-3-12(9-14(13)18)10-20-15-5-7-19-16-6-8-22-17(15)16/h3-9H,10-11H2,1-2H3,(H,19,20). The van der Waals surface area contributed by atoms with Gasteiger partial charge in [-0.25, -0.2) is 4.39 Å². The highest BCUT2D eigenvalue weighted by Crippen LogP contribution is 2.27. The minimum atomic E-state index is -0.149. The summed E-state index contributed by atoms with van der Waals surface area (Å²) in [7, 11) is 3.87. The van der Waals surface area contributed by atoms with Gasteiger partial charge in [0.15, 0.2) is 0 Å². The molecule has 0 aliphatic rings. The van der Waals surface area contributed by atoms with Crippen molar-refractivity contribution in [3.8, 4) is 0 Å². The van der Waals surface area contributed by atoms with E-state index in [4.69, 9.17) is 0 Å². The van der Waals surface area contributed by atoms with Crippen LogP contribution in [0.25, 0.3) is 10.2 Å². The molecule has 0 atom stereocenters. The molecule has 0 fully saturated rings. The van der Waals surface area contributed by atoms with E-state index in [-0.39, 0.29) is 5.82 Å². The smallest absolute Gasteiger partial charge is 0.128 e. The molecule has 0 amide bonds. The predicted molar refractivity (Wildman–Crippen MR) is 90.7 cm³/mol. The molecule has 0 aliphatic heterocycles. The highest BCUT2D eigenvalue weighted by Gasteiger charge is 2.06. The zero-order valence-corrected chi connectivity index (χ0v) is 13.5. The number of pyridine rings is 1. The zero-order chi connectivity index (χ0) is 15.5. The maximum Gasteiger partial charge on any atom is 0.128 e. The SMILES string of the molecule is CN(C)Cc1ccc(CNc2ccnc3ccsc23)cc1F. The number of fused-ring (bicyclic) bond motifs is 1. The van der Waals surface area contributed by atoms with Gasteiger partial charge in [-0.15, -0.1) is 11.3 Å². The Morgan fingerprint density at radius 3 is 2.86 bits per heavy atom. The lowest BCUT2D eigenvalue weighted by molar-refractivity contribution is 0.392. The van der Waals surface area contributed by atoms with Gasteiger partial charge in [0.25, 0.3) is 0 Å². The maximum absolute atomic E-state index is 14.1. The molecule has 114 valence electrons. The normalized spacial score (nSPS) is 11.3.